The van der Waals surface area contributed by atoms with E-state index in [1.165, 1.54) is 0 Å². The molecular formula is C22H29ClN4O. The summed E-state index contributed by atoms with van der Waals surface area (Å²) in [6, 6.07) is 15.6. The van der Waals surface area contributed by atoms with Crippen LogP contribution in [-0.4, -0.2) is 44.0 Å². The summed E-state index contributed by atoms with van der Waals surface area (Å²) in [6.45, 7) is 5.52. The van der Waals surface area contributed by atoms with Crippen LogP contribution in [0.5, 0.6) is 0 Å². The SMILES string of the molecule is CCNC(=NCCc1cccc(C(=O)N(C)C)c1)NC(C)c1cccc(Cl)c1. The first-order valence-electron chi connectivity index (χ1n) is 9.51. The molecule has 0 spiro atoms. The zero-order valence-corrected chi connectivity index (χ0v) is 17.8. The van der Waals surface area contributed by atoms with E-state index in [4.69, 9.17) is 11.6 Å². The third-order valence-electron chi connectivity index (χ3n) is 4.30. The van der Waals surface area contributed by atoms with E-state index >= 15 is 0 Å². The predicted molar refractivity (Wildman–Crippen MR) is 117 cm³/mol. The first-order chi connectivity index (χ1) is 13.4. The van der Waals surface area contributed by atoms with Crippen molar-refractivity contribution in [1.82, 2.24) is 15.5 Å². The molecule has 6 heteroatoms. The molecule has 1 atom stereocenters. The predicted octanol–water partition coefficient (Wildman–Crippen LogP) is 3.90. The summed E-state index contributed by atoms with van der Waals surface area (Å²) < 4.78 is 0. The van der Waals surface area contributed by atoms with Crippen molar-refractivity contribution in [3.8, 4) is 0 Å². The summed E-state index contributed by atoms with van der Waals surface area (Å²) in [5.41, 5.74) is 2.90. The van der Waals surface area contributed by atoms with Crippen LogP contribution in [0.1, 0.15) is 41.4 Å². The number of guanidine groups is 1. The van der Waals surface area contributed by atoms with Crippen molar-refractivity contribution in [1.29, 1.82) is 0 Å². The fourth-order valence-electron chi connectivity index (χ4n) is 2.80. The molecule has 150 valence electrons. The summed E-state index contributed by atoms with van der Waals surface area (Å²) >= 11 is 6.09. The molecule has 0 aliphatic heterocycles. The van der Waals surface area contributed by atoms with Gasteiger partial charge in [0.25, 0.3) is 5.91 Å². The first kappa shape index (κ1) is 21.8. The van der Waals surface area contributed by atoms with E-state index in [0.717, 1.165) is 35.1 Å². The lowest BCUT2D eigenvalue weighted by Gasteiger charge is -2.18. The van der Waals surface area contributed by atoms with Crippen LogP contribution in [0.25, 0.3) is 0 Å². The second kappa shape index (κ2) is 10.7. The molecule has 0 radical (unpaired) electrons. The van der Waals surface area contributed by atoms with Gasteiger partial charge < -0.3 is 15.5 Å². The third kappa shape index (κ3) is 6.57. The van der Waals surface area contributed by atoms with Gasteiger partial charge in [-0.3, -0.25) is 9.79 Å². The minimum absolute atomic E-state index is 0.00991. The monoisotopic (exact) mass is 400 g/mol. The second-order valence-corrected chi connectivity index (χ2v) is 7.27. The standard InChI is InChI=1S/C22H29ClN4O/c1-5-24-22(26-16(2)18-9-7-11-20(23)15-18)25-13-12-17-8-6-10-19(14-17)21(28)27(3)4/h6-11,14-16H,5,12-13H2,1-4H3,(H2,24,25,26). The van der Waals surface area contributed by atoms with Gasteiger partial charge in [-0.2, -0.15) is 0 Å². The Hall–Kier alpha value is -2.53. The fourth-order valence-corrected chi connectivity index (χ4v) is 3.00. The number of hydrogen-bond acceptors (Lipinski definition) is 2. The van der Waals surface area contributed by atoms with Crippen molar-refractivity contribution in [3.63, 3.8) is 0 Å². The van der Waals surface area contributed by atoms with Gasteiger partial charge in [-0.05, 0) is 55.7 Å². The minimum atomic E-state index is 0.00991. The molecule has 28 heavy (non-hydrogen) atoms. The zero-order chi connectivity index (χ0) is 20.5. The number of nitrogens with zero attached hydrogens (tertiary/aromatic N) is 2. The van der Waals surface area contributed by atoms with E-state index < -0.39 is 0 Å². The van der Waals surface area contributed by atoms with E-state index in [1.54, 1.807) is 19.0 Å². The lowest BCUT2D eigenvalue weighted by Crippen LogP contribution is -2.38. The van der Waals surface area contributed by atoms with Crippen molar-refractivity contribution in [2.75, 3.05) is 27.2 Å². The summed E-state index contributed by atoms with van der Waals surface area (Å²) in [5.74, 6) is 0.770. The maximum atomic E-state index is 12.1. The maximum absolute atomic E-state index is 12.1. The largest absolute Gasteiger partial charge is 0.357 e. The van der Waals surface area contributed by atoms with Crippen LogP contribution in [0.15, 0.2) is 53.5 Å². The number of amides is 1. The summed E-state index contributed by atoms with van der Waals surface area (Å²) in [7, 11) is 3.52. The molecule has 0 fully saturated rings. The molecule has 0 aromatic heterocycles. The van der Waals surface area contributed by atoms with Crippen LogP contribution in [0, 0.1) is 0 Å². The topological polar surface area (TPSA) is 56.7 Å². The fraction of sp³-hybridized carbons (Fsp3) is 0.364. The number of benzene rings is 2. The van der Waals surface area contributed by atoms with E-state index in [2.05, 4.69) is 22.5 Å². The molecule has 0 saturated heterocycles. The van der Waals surface area contributed by atoms with E-state index in [-0.39, 0.29) is 11.9 Å². The molecular weight excluding hydrogens is 372 g/mol. The van der Waals surface area contributed by atoms with Crippen LogP contribution >= 0.6 is 11.6 Å². The Morgan fingerprint density at radius 2 is 1.93 bits per heavy atom. The highest BCUT2D eigenvalue weighted by molar-refractivity contribution is 6.30. The Labute approximate surface area is 172 Å². The molecule has 2 rings (SSSR count). The average molecular weight is 401 g/mol. The van der Waals surface area contributed by atoms with Gasteiger partial charge in [-0.15, -0.1) is 0 Å². The number of aliphatic imine (C=N–C) groups is 1. The van der Waals surface area contributed by atoms with E-state index in [9.17, 15) is 4.79 Å². The highest BCUT2D eigenvalue weighted by atomic mass is 35.5. The van der Waals surface area contributed by atoms with Gasteiger partial charge in [-0.25, -0.2) is 0 Å². The molecule has 2 aromatic carbocycles. The molecule has 1 unspecified atom stereocenters. The van der Waals surface area contributed by atoms with Gasteiger partial charge in [-0.1, -0.05) is 35.9 Å². The van der Waals surface area contributed by atoms with Gasteiger partial charge in [0.2, 0.25) is 0 Å². The first-order valence-corrected chi connectivity index (χ1v) is 9.89. The van der Waals surface area contributed by atoms with Crippen molar-refractivity contribution in [2.24, 2.45) is 4.99 Å². The van der Waals surface area contributed by atoms with Gasteiger partial charge in [0.1, 0.15) is 0 Å². The Balaban J connectivity index is 2.01. The third-order valence-corrected chi connectivity index (χ3v) is 4.53. The normalized spacial score (nSPS) is 12.4. The summed E-state index contributed by atoms with van der Waals surface area (Å²) in [5, 5.41) is 7.41. The Morgan fingerprint density at radius 1 is 1.18 bits per heavy atom. The van der Waals surface area contributed by atoms with Crippen LogP contribution in [0.4, 0.5) is 0 Å². The number of halogens is 1. The lowest BCUT2D eigenvalue weighted by atomic mass is 10.1. The molecule has 0 heterocycles. The van der Waals surface area contributed by atoms with Crippen molar-refractivity contribution >= 4 is 23.5 Å². The molecule has 0 bridgehead atoms. The van der Waals surface area contributed by atoms with Gasteiger partial charge in [0.15, 0.2) is 5.96 Å². The van der Waals surface area contributed by atoms with Gasteiger partial charge in [0, 0.05) is 37.8 Å². The average Bonchev–Trinajstić information content (AvgIpc) is 2.67. The molecule has 0 aliphatic carbocycles. The smallest absolute Gasteiger partial charge is 0.253 e. The van der Waals surface area contributed by atoms with Crippen LogP contribution in [0.2, 0.25) is 5.02 Å². The van der Waals surface area contributed by atoms with E-state index in [0.29, 0.717) is 12.1 Å². The lowest BCUT2D eigenvalue weighted by molar-refractivity contribution is 0.0827. The minimum Gasteiger partial charge on any atom is -0.357 e. The van der Waals surface area contributed by atoms with Crippen LogP contribution in [0.3, 0.4) is 0 Å². The van der Waals surface area contributed by atoms with Crippen molar-refractivity contribution < 1.29 is 4.79 Å². The molecule has 0 saturated carbocycles. The zero-order valence-electron chi connectivity index (χ0n) is 17.0. The summed E-state index contributed by atoms with van der Waals surface area (Å²) in [4.78, 5) is 18.4. The molecule has 2 aromatic rings. The highest BCUT2D eigenvalue weighted by Crippen LogP contribution is 2.17. The van der Waals surface area contributed by atoms with Gasteiger partial charge >= 0.3 is 0 Å². The quantitative estimate of drug-likeness (QED) is 0.547. The van der Waals surface area contributed by atoms with E-state index in [1.807, 2.05) is 55.5 Å². The Bertz CT molecular complexity index is 820. The Kier molecular flexibility index (Phi) is 8.33. The van der Waals surface area contributed by atoms with Crippen molar-refractivity contribution in [2.45, 2.75) is 26.3 Å². The van der Waals surface area contributed by atoms with Crippen molar-refractivity contribution in [3.05, 3.63) is 70.2 Å². The molecule has 5 nitrogen and oxygen atoms in total. The number of rotatable bonds is 7. The maximum Gasteiger partial charge on any atom is 0.253 e. The second-order valence-electron chi connectivity index (χ2n) is 6.83. The molecule has 0 aliphatic rings. The summed E-state index contributed by atoms with van der Waals surface area (Å²) in [6.07, 6.45) is 0.761. The van der Waals surface area contributed by atoms with Crippen LogP contribution < -0.4 is 10.6 Å². The number of carbonyl (C=O) groups is 1. The number of carbonyl (C=O) groups excluding carboxylic acids is 1. The highest BCUT2D eigenvalue weighted by Gasteiger charge is 2.09. The number of hydrogen-bond donors (Lipinski definition) is 2. The Morgan fingerprint density at radius 3 is 2.61 bits per heavy atom. The van der Waals surface area contributed by atoms with Crippen LogP contribution in [-0.2, 0) is 6.42 Å². The molecule has 1 amide bonds. The van der Waals surface area contributed by atoms with Gasteiger partial charge in [0.05, 0.1) is 6.04 Å². The molecule has 2 N–H and O–H groups in total. The number of nitrogens with one attached hydrogen (secondary N) is 2.